The number of hydrogen-bond donors (Lipinski definition) is 1. The predicted octanol–water partition coefficient (Wildman–Crippen LogP) is 3.01. The van der Waals surface area contributed by atoms with Crippen LogP contribution in [0.4, 0.5) is 19.0 Å². The molecule has 1 fully saturated rings. The third-order valence-corrected chi connectivity index (χ3v) is 3.71. The van der Waals surface area contributed by atoms with E-state index in [1.807, 2.05) is 0 Å². The van der Waals surface area contributed by atoms with Gasteiger partial charge in [-0.1, -0.05) is 11.6 Å². The van der Waals surface area contributed by atoms with Gasteiger partial charge in [0.05, 0.1) is 17.5 Å². The van der Waals surface area contributed by atoms with E-state index in [1.54, 1.807) is 11.0 Å². The van der Waals surface area contributed by atoms with Crippen LogP contribution < -0.4 is 4.90 Å². The monoisotopic (exact) mass is 294 g/mol. The van der Waals surface area contributed by atoms with Crippen LogP contribution in [0.1, 0.15) is 18.4 Å². The molecule has 1 N–H and O–H groups in total. The molecule has 1 aliphatic rings. The zero-order chi connectivity index (χ0) is 14.0. The van der Waals surface area contributed by atoms with E-state index < -0.39 is 12.1 Å². The minimum absolute atomic E-state index is 0.0717. The molecule has 7 heteroatoms. The van der Waals surface area contributed by atoms with Crippen LogP contribution in [0.15, 0.2) is 12.3 Å². The van der Waals surface area contributed by atoms with Crippen molar-refractivity contribution in [2.75, 3.05) is 18.0 Å². The Morgan fingerprint density at radius 2 is 2.00 bits per heavy atom. The van der Waals surface area contributed by atoms with E-state index in [1.165, 1.54) is 6.20 Å². The maximum absolute atomic E-state index is 12.6. The first kappa shape index (κ1) is 14.4. The molecule has 0 spiro atoms. The molecular formula is C12H14ClF3N2O. The molecule has 1 aromatic heterocycles. The van der Waals surface area contributed by atoms with Gasteiger partial charge in [-0.2, -0.15) is 13.2 Å². The largest absolute Gasteiger partial charge is 0.392 e. The van der Waals surface area contributed by atoms with Gasteiger partial charge in [0, 0.05) is 24.8 Å². The Kier molecular flexibility index (Phi) is 4.20. The molecule has 1 aromatic rings. The first-order valence-electron chi connectivity index (χ1n) is 5.98. The molecule has 1 aliphatic heterocycles. The fourth-order valence-corrected chi connectivity index (χ4v) is 2.36. The van der Waals surface area contributed by atoms with Gasteiger partial charge >= 0.3 is 6.18 Å². The number of piperidine rings is 1. The molecule has 19 heavy (non-hydrogen) atoms. The highest BCUT2D eigenvalue weighted by Gasteiger charge is 2.41. The molecule has 106 valence electrons. The van der Waals surface area contributed by atoms with Crippen LogP contribution in [-0.2, 0) is 6.61 Å². The standard InChI is InChI=1S/C12H14ClF3N2O/c13-10-6-17-11(5-8(10)7-19)18-3-1-9(2-4-18)12(14,15)16/h5-6,9,19H,1-4,7H2. The lowest BCUT2D eigenvalue weighted by Crippen LogP contribution is -2.39. The van der Waals surface area contributed by atoms with Gasteiger partial charge in [-0.3, -0.25) is 0 Å². The zero-order valence-corrected chi connectivity index (χ0v) is 10.9. The summed E-state index contributed by atoms with van der Waals surface area (Å²) < 4.78 is 37.7. The summed E-state index contributed by atoms with van der Waals surface area (Å²) >= 11 is 5.83. The number of aromatic nitrogens is 1. The Balaban J connectivity index is 2.05. The second kappa shape index (κ2) is 5.54. The van der Waals surface area contributed by atoms with Crippen molar-refractivity contribution in [2.24, 2.45) is 5.92 Å². The van der Waals surface area contributed by atoms with E-state index >= 15 is 0 Å². The van der Waals surface area contributed by atoms with Gasteiger partial charge in [-0.25, -0.2) is 4.98 Å². The second-order valence-electron chi connectivity index (χ2n) is 4.59. The third kappa shape index (κ3) is 3.30. The first-order chi connectivity index (χ1) is 8.91. The molecule has 0 atom stereocenters. The minimum Gasteiger partial charge on any atom is -0.392 e. The average molecular weight is 295 g/mol. The summed E-state index contributed by atoms with van der Waals surface area (Å²) in [5.41, 5.74) is 0.532. The molecule has 2 heterocycles. The number of anilines is 1. The molecule has 3 nitrogen and oxygen atoms in total. The van der Waals surface area contributed by atoms with Crippen molar-refractivity contribution in [1.82, 2.24) is 4.98 Å². The van der Waals surface area contributed by atoms with Crippen molar-refractivity contribution in [2.45, 2.75) is 25.6 Å². The van der Waals surface area contributed by atoms with Crippen LogP contribution >= 0.6 is 11.6 Å². The highest BCUT2D eigenvalue weighted by molar-refractivity contribution is 6.31. The van der Waals surface area contributed by atoms with E-state index in [2.05, 4.69) is 4.98 Å². The number of pyridine rings is 1. The minimum atomic E-state index is -4.12. The van der Waals surface area contributed by atoms with Gasteiger partial charge in [-0.15, -0.1) is 0 Å². The quantitative estimate of drug-likeness (QED) is 0.911. The molecule has 0 bridgehead atoms. The highest BCUT2D eigenvalue weighted by Crippen LogP contribution is 2.35. The van der Waals surface area contributed by atoms with Crippen molar-refractivity contribution in [3.63, 3.8) is 0 Å². The van der Waals surface area contributed by atoms with Gasteiger partial charge in [0.25, 0.3) is 0 Å². The Labute approximate surface area is 114 Å². The highest BCUT2D eigenvalue weighted by atomic mass is 35.5. The number of alkyl halides is 3. The van der Waals surface area contributed by atoms with Crippen LogP contribution in [-0.4, -0.2) is 29.4 Å². The van der Waals surface area contributed by atoms with E-state index in [0.29, 0.717) is 29.5 Å². The van der Waals surface area contributed by atoms with E-state index in [-0.39, 0.29) is 19.4 Å². The van der Waals surface area contributed by atoms with Crippen molar-refractivity contribution >= 4 is 17.4 Å². The van der Waals surface area contributed by atoms with Gasteiger partial charge < -0.3 is 10.0 Å². The lowest BCUT2D eigenvalue weighted by atomic mass is 9.96. The average Bonchev–Trinajstić information content (AvgIpc) is 2.38. The van der Waals surface area contributed by atoms with Crippen molar-refractivity contribution in [3.05, 3.63) is 22.8 Å². The van der Waals surface area contributed by atoms with Gasteiger partial charge in [-0.05, 0) is 18.9 Å². The predicted molar refractivity (Wildman–Crippen MR) is 66.2 cm³/mol. The Morgan fingerprint density at radius 1 is 1.37 bits per heavy atom. The molecule has 0 saturated carbocycles. The topological polar surface area (TPSA) is 36.4 Å². The molecule has 0 radical (unpaired) electrons. The summed E-state index contributed by atoms with van der Waals surface area (Å²) in [6, 6.07) is 1.62. The fourth-order valence-electron chi connectivity index (χ4n) is 2.20. The van der Waals surface area contributed by atoms with Crippen LogP contribution in [0, 0.1) is 5.92 Å². The number of rotatable bonds is 2. The normalized spacial score (nSPS) is 17.8. The second-order valence-corrected chi connectivity index (χ2v) is 5.00. The maximum Gasteiger partial charge on any atom is 0.391 e. The Morgan fingerprint density at radius 3 is 2.53 bits per heavy atom. The van der Waals surface area contributed by atoms with E-state index in [4.69, 9.17) is 16.7 Å². The number of aliphatic hydroxyl groups excluding tert-OH is 1. The van der Waals surface area contributed by atoms with E-state index in [0.717, 1.165) is 0 Å². The molecule has 1 saturated heterocycles. The van der Waals surface area contributed by atoms with Crippen molar-refractivity contribution in [1.29, 1.82) is 0 Å². The first-order valence-corrected chi connectivity index (χ1v) is 6.36. The maximum atomic E-state index is 12.6. The number of hydrogen-bond acceptors (Lipinski definition) is 3. The number of nitrogens with zero attached hydrogens (tertiary/aromatic N) is 2. The van der Waals surface area contributed by atoms with Crippen LogP contribution in [0.5, 0.6) is 0 Å². The van der Waals surface area contributed by atoms with Crippen molar-refractivity contribution in [3.8, 4) is 0 Å². The summed E-state index contributed by atoms with van der Waals surface area (Å²) in [6.45, 7) is 0.403. The summed E-state index contributed by atoms with van der Waals surface area (Å²) in [5.74, 6) is -0.664. The smallest absolute Gasteiger partial charge is 0.391 e. The Bertz CT molecular complexity index is 445. The van der Waals surface area contributed by atoms with Gasteiger partial charge in [0.15, 0.2) is 0 Å². The Hall–Kier alpha value is -1.01. The molecule has 0 amide bonds. The molecule has 0 aromatic carbocycles. The van der Waals surface area contributed by atoms with Crippen LogP contribution in [0.25, 0.3) is 0 Å². The fraction of sp³-hybridized carbons (Fsp3) is 0.583. The summed E-state index contributed by atoms with van der Waals surface area (Å²) in [6.07, 6.45) is -2.56. The zero-order valence-electron chi connectivity index (χ0n) is 10.1. The third-order valence-electron chi connectivity index (χ3n) is 3.37. The van der Waals surface area contributed by atoms with Gasteiger partial charge in [0.1, 0.15) is 5.82 Å². The summed E-state index contributed by atoms with van der Waals surface area (Å²) in [4.78, 5) is 5.89. The lowest BCUT2D eigenvalue weighted by Gasteiger charge is -2.33. The van der Waals surface area contributed by atoms with Crippen LogP contribution in [0.2, 0.25) is 5.02 Å². The van der Waals surface area contributed by atoms with Crippen LogP contribution in [0.3, 0.4) is 0 Å². The van der Waals surface area contributed by atoms with Gasteiger partial charge in [0.2, 0.25) is 0 Å². The van der Waals surface area contributed by atoms with E-state index in [9.17, 15) is 13.2 Å². The van der Waals surface area contributed by atoms with Crippen molar-refractivity contribution < 1.29 is 18.3 Å². The molecule has 2 rings (SSSR count). The summed E-state index contributed by atoms with van der Waals surface area (Å²) in [7, 11) is 0. The summed E-state index contributed by atoms with van der Waals surface area (Å²) in [5, 5.41) is 9.47. The molecule has 0 unspecified atom stereocenters. The number of aliphatic hydroxyl groups is 1. The molecular weight excluding hydrogens is 281 g/mol. The molecule has 0 aliphatic carbocycles. The lowest BCUT2D eigenvalue weighted by molar-refractivity contribution is -0.179. The SMILES string of the molecule is OCc1cc(N2CCC(C(F)(F)F)CC2)ncc1Cl. The number of halogens is 4.